The largest absolute Gasteiger partial charge is 0.465 e. The smallest absolute Gasteiger partial charge is 0.338 e. The summed E-state index contributed by atoms with van der Waals surface area (Å²) in [5.41, 5.74) is 1.33. The summed E-state index contributed by atoms with van der Waals surface area (Å²) in [5.74, 6) is -2.47. The normalized spacial score (nSPS) is 16.8. The topological polar surface area (TPSA) is 90.0 Å². The van der Waals surface area contributed by atoms with Crippen LogP contribution < -0.4 is 0 Å². The third-order valence-electron chi connectivity index (χ3n) is 5.15. The van der Waals surface area contributed by atoms with Gasteiger partial charge in [0.2, 0.25) is 0 Å². The van der Waals surface area contributed by atoms with Crippen molar-refractivity contribution in [2.45, 2.75) is 39.0 Å². The van der Waals surface area contributed by atoms with E-state index in [-0.39, 0.29) is 28.8 Å². The first kappa shape index (κ1) is 19.8. The van der Waals surface area contributed by atoms with Crippen molar-refractivity contribution in [2.24, 2.45) is 0 Å². The van der Waals surface area contributed by atoms with E-state index in [4.69, 9.17) is 9.47 Å². The first-order chi connectivity index (χ1) is 13.5. The fraction of sp³-hybridized carbons (Fsp3) is 0.429. The second-order valence-corrected chi connectivity index (χ2v) is 6.75. The van der Waals surface area contributed by atoms with E-state index in [1.54, 1.807) is 0 Å². The van der Waals surface area contributed by atoms with Gasteiger partial charge in [0.05, 0.1) is 36.5 Å². The van der Waals surface area contributed by atoms with Gasteiger partial charge in [-0.3, -0.25) is 14.5 Å². The van der Waals surface area contributed by atoms with Gasteiger partial charge in [0.25, 0.3) is 11.8 Å². The highest BCUT2D eigenvalue weighted by Crippen LogP contribution is 2.37. The molecule has 0 atom stereocenters. The highest BCUT2D eigenvalue weighted by Gasteiger charge is 2.44. The van der Waals surface area contributed by atoms with Gasteiger partial charge in [0.15, 0.2) is 0 Å². The van der Waals surface area contributed by atoms with E-state index in [1.165, 1.54) is 14.2 Å². The summed E-state index contributed by atoms with van der Waals surface area (Å²) in [4.78, 5) is 52.6. The molecule has 2 amide bonds. The standard InChI is InChI=1S/C21H23NO6/c1-4-11-22-18(23)16-14(20(25)27-2)12-9-7-5-6-8-10-13(12)15(21(26)28-3)17(16)19(22)24/h5-6H,4,7-11H2,1-3H3/b6-5+. The predicted octanol–water partition coefficient (Wildman–Crippen LogP) is 2.70. The number of ether oxygens (including phenoxy) is 2. The summed E-state index contributed by atoms with van der Waals surface area (Å²) >= 11 is 0. The van der Waals surface area contributed by atoms with Gasteiger partial charge in [-0.05, 0) is 43.2 Å². The molecule has 1 heterocycles. The maximum absolute atomic E-state index is 13.1. The molecule has 2 aliphatic rings. The Bertz CT molecular complexity index is 830. The van der Waals surface area contributed by atoms with Crippen LogP contribution in [0.2, 0.25) is 0 Å². The summed E-state index contributed by atoms with van der Waals surface area (Å²) < 4.78 is 9.90. The van der Waals surface area contributed by atoms with Crippen LogP contribution in [-0.2, 0) is 22.3 Å². The van der Waals surface area contributed by atoms with Gasteiger partial charge in [-0.25, -0.2) is 9.59 Å². The average Bonchev–Trinajstić information content (AvgIpc) is 2.91. The van der Waals surface area contributed by atoms with Crippen molar-refractivity contribution in [1.82, 2.24) is 4.90 Å². The summed E-state index contributed by atoms with van der Waals surface area (Å²) in [5, 5.41) is 0. The SMILES string of the molecule is CCCN1C(=O)c2c(C(=O)OC)c3c(c(C(=O)OC)c2C1=O)CC/C=C/CC3. The molecule has 0 saturated heterocycles. The monoisotopic (exact) mass is 385 g/mol. The molecule has 0 spiro atoms. The quantitative estimate of drug-likeness (QED) is 0.450. The van der Waals surface area contributed by atoms with Crippen LogP contribution in [0.25, 0.3) is 0 Å². The number of hydrogen-bond acceptors (Lipinski definition) is 6. The van der Waals surface area contributed by atoms with Crippen molar-refractivity contribution in [2.75, 3.05) is 20.8 Å². The molecule has 1 aliphatic carbocycles. The van der Waals surface area contributed by atoms with Crippen LogP contribution in [-0.4, -0.2) is 49.4 Å². The van der Waals surface area contributed by atoms with Crippen molar-refractivity contribution < 1.29 is 28.7 Å². The number of allylic oxidation sites excluding steroid dienone is 2. The Morgan fingerprint density at radius 2 is 1.32 bits per heavy atom. The lowest BCUT2D eigenvalue weighted by Crippen LogP contribution is -2.31. The van der Waals surface area contributed by atoms with Crippen LogP contribution in [0.15, 0.2) is 12.2 Å². The first-order valence-electron chi connectivity index (χ1n) is 9.37. The second-order valence-electron chi connectivity index (χ2n) is 6.75. The van der Waals surface area contributed by atoms with E-state index in [1.807, 2.05) is 19.1 Å². The van der Waals surface area contributed by atoms with Crippen molar-refractivity contribution in [3.8, 4) is 0 Å². The summed E-state index contributed by atoms with van der Waals surface area (Å²) in [6, 6.07) is 0. The minimum absolute atomic E-state index is 0.0333. The van der Waals surface area contributed by atoms with Gasteiger partial charge < -0.3 is 9.47 Å². The molecule has 0 saturated carbocycles. The zero-order valence-electron chi connectivity index (χ0n) is 16.3. The van der Waals surface area contributed by atoms with Crippen LogP contribution in [0.3, 0.4) is 0 Å². The molecule has 148 valence electrons. The molecule has 3 rings (SSSR count). The van der Waals surface area contributed by atoms with Crippen molar-refractivity contribution >= 4 is 23.8 Å². The molecular formula is C21H23NO6. The van der Waals surface area contributed by atoms with E-state index in [0.29, 0.717) is 43.2 Å². The van der Waals surface area contributed by atoms with Gasteiger partial charge in [-0.15, -0.1) is 0 Å². The number of amides is 2. The van der Waals surface area contributed by atoms with Gasteiger partial charge in [-0.1, -0.05) is 19.1 Å². The van der Waals surface area contributed by atoms with E-state index >= 15 is 0 Å². The summed E-state index contributed by atoms with van der Waals surface area (Å²) in [6.07, 6.45) is 6.80. The Hall–Kier alpha value is -2.96. The molecule has 7 heteroatoms. The van der Waals surface area contributed by atoms with Crippen LogP contribution >= 0.6 is 0 Å². The molecule has 1 aliphatic heterocycles. The van der Waals surface area contributed by atoms with Crippen molar-refractivity contribution in [3.05, 3.63) is 45.5 Å². The Balaban J connectivity index is 2.42. The van der Waals surface area contributed by atoms with E-state index in [2.05, 4.69) is 0 Å². The molecule has 1 aromatic rings. The zero-order chi connectivity index (χ0) is 20.4. The van der Waals surface area contributed by atoms with Gasteiger partial charge >= 0.3 is 11.9 Å². The third-order valence-corrected chi connectivity index (χ3v) is 5.15. The molecule has 1 aromatic carbocycles. The molecule has 0 radical (unpaired) electrons. The number of fused-ring (bicyclic) bond motifs is 2. The van der Waals surface area contributed by atoms with E-state index < -0.39 is 23.8 Å². The van der Waals surface area contributed by atoms with E-state index in [0.717, 1.165) is 4.90 Å². The molecule has 0 unspecified atom stereocenters. The van der Waals surface area contributed by atoms with Gasteiger partial charge in [0.1, 0.15) is 0 Å². The maximum Gasteiger partial charge on any atom is 0.338 e. The minimum Gasteiger partial charge on any atom is -0.465 e. The van der Waals surface area contributed by atoms with Crippen LogP contribution in [0.1, 0.15) is 78.7 Å². The van der Waals surface area contributed by atoms with E-state index in [9.17, 15) is 19.2 Å². The number of benzene rings is 1. The maximum atomic E-state index is 13.1. The number of esters is 2. The molecule has 7 nitrogen and oxygen atoms in total. The number of methoxy groups -OCH3 is 2. The zero-order valence-corrected chi connectivity index (χ0v) is 16.3. The van der Waals surface area contributed by atoms with Crippen molar-refractivity contribution in [3.63, 3.8) is 0 Å². The highest BCUT2D eigenvalue weighted by atomic mass is 16.5. The lowest BCUT2D eigenvalue weighted by Gasteiger charge is -2.20. The fourth-order valence-electron chi connectivity index (χ4n) is 3.97. The Labute approximate surface area is 163 Å². The Morgan fingerprint density at radius 1 is 0.893 bits per heavy atom. The lowest BCUT2D eigenvalue weighted by molar-refractivity contribution is 0.0582. The van der Waals surface area contributed by atoms with Crippen molar-refractivity contribution in [1.29, 1.82) is 0 Å². The minimum atomic E-state index is -0.673. The summed E-state index contributed by atoms with van der Waals surface area (Å²) in [6.45, 7) is 2.05. The van der Waals surface area contributed by atoms with Crippen LogP contribution in [0.4, 0.5) is 0 Å². The number of imide groups is 1. The molecule has 0 fully saturated rings. The average molecular weight is 385 g/mol. The lowest BCUT2D eigenvalue weighted by atomic mass is 9.82. The third kappa shape index (κ3) is 3.00. The number of carbonyl (C=O) groups excluding carboxylic acids is 4. The molecular weight excluding hydrogens is 362 g/mol. The fourth-order valence-corrected chi connectivity index (χ4v) is 3.97. The number of nitrogens with zero attached hydrogens (tertiary/aromatic N) is 1. The predicted molar refractivity (Wildman–Crippen MR) is 101 cm³/mol. The highest BCUT2D eigenvalue weighted by molar-refractivity contribution is 6.28. The molecule has 0 aromatic heterocycles. The Kier molecular flexibility index (Phi) is 5.63. The van der Waals surface area contributed by atoms with Gasteiger partial charge in [0, 0.05) is 6.54 Å². The van der Waals surface area contributed by atoms with Crippen LogP contribution in [0.5, 0.6) is 0 Å². The van der Waals surface area contributed by atoms with Gasteiger partial charge in [-0.2, -0.15) is 0 Å². The second kappa shape index (κ2) is 7.96. The number of rotatable bonds is 4. The number of carbonyl (C=O) groups is 4. The summed E-state index contributed by atoms with van der Waals surface area (Å²) in [7, 11) is 2.48. The van der Waals surface area contributed by atoms with Crippen LogP contribution in [0, 0.1) is 0 Å². The molecule has 0 bridgehead atoms. The number of hydrogen-bond donors (Lipinski definition) is 0. The first-order valence-corrected chi connectivity index (χ1v) is 9.37. The Morgan fingerprint density at radius 3 is 1.68 bits per heavy atom. The molecule has 0 N–H and O–H groups in total. The molecule has 28 heavy (non-hydrogen) atoms.